The predicted octanol–water partition coefficient (Wildman–Crippen LogP) is 3.19. The minimum atomic E-state index is 0.515. The van der Waals surface area contributed by atoms with Crippen molar-refractivity contribution in [3.05, 3.63) is 24.4 Å². The highest BCUT2D eigenvalue weighted by atomic mass is 14.7. The van der Waals surface area contributed by atoms with Gasteiger partial charge in [-0.05, 0) is 17.9 Å². The van der Waals surface area contributed by atoms with E-state index in [1.807, 2.05) is 18.5 Å². The van der Waals surface area contributed by atoms with Crippen LogP contribution in [0.25, 0.3) is 0 Å². The maximum Gasteiger partial charge on any atom is 0.0298 e. The van der Waals surface area contributed by atoms with Crippen LogP contribution >= 0.6 is 0 Å². The van der Waals surface area contributed by atoms with Crippen LogP contribution < -0.4 is 0 Å². The molecule has 0 aliphatic rings. The highest BCUT2D eigenvalue weighted by Gasteiger charge is 1.95. The van der Waals surface area contributed by atoms with Gasteiger partial charge in [0.25, 0.3) is 0 Å². The van der Waals surface area contributed by atoms with Gasteiger partial charge >= 0.3 is 0 Å². The fourth-order valence-corrected chi connectivity index (χ4v) is 0.682. The molecule has 0 aliphatic heterocycles. The summed E-state index contributed by atoms with van der Waals surface area (Å²) in [6, 6.07) is 0. The Labute approximate surface area is 69.5 Å². The van der Waals surface area contributed by atoms with Gasteiger partial charge in [0.05, 0.1) is 0 Å². The van der Waals surface area contributed by atoms with E-state index in [1.54, 1.807) is 0 Å². The third-order valence-corrected chi connectivity index (χ3v) is 1.41. The summed E-state index contributed by atoms with van der Waals surface area (Å²) >= 11 is 0. The van der Waals surface area contributed by atoms with Crippen molar-refractivity contribution in [3.8, 4) is 0 Å². The molecule has 0 saturated carbocycles. The van der Waals surface area contributed by atoms with Gasteiger partial charge in [-0.15, -0.1) is 0 Å². The van der Waals surface area contributed by atoms with Crippen LogP contribution in [0.5, 0.6) is 0 Å². The standard InChI is InChI=1S/C10H17N/c1-5-7-11-8-10(6-2)9(3)4/h6-9H,2,5H2,1,3-4H3/b10-8+,11-7?. The molecular formula is C10H17N. The van der Waals surface area contributed by atoms with E-state index in [0.717, 1.165) is 6.42 Å². The topological polar surface area (TPSA) is 12.4 Å². The Bertz CT molecular complexity index is 164. The van der Waals surface area contributed by atoms with Gasteiger partial charge in [-0.2, -0.15) is 0 Å². The second-order valence-electron chi connectivity index (χ2n) is 2.73. The van der Waals surface area contributed by atoms with E-state index in [4.69, 9.17) is 0 Å². The maximum atomic E-state index is 4.12. The number of nitrogens with zero attached hydrogens (tertiary/aromatic N) is 1. The molecule has 0 aromatic rings. The highest BCUT2D eigenvalue weighted by Crippen LogP contribution is 2.09. The van der Waals surface area contributed by atoms with Crippen LogP contribution in [-0.2, 0) is 0 Å². The molecule has 62 valence electrons. The lowest BCUT2D eigenvalue weighted by Crippen LogP contribution is -1.88. The molecule has 0 aromatic carbocycles. The summed E-state index contributed by atoms with van der Waals surface area (Å²) in [7, 11) is 0. The van der Waals surface area contributed by atoms with E-state index >= 15 is 0 Å². The van der Waals surface area contributed by atoms with Crippen LogP contribution in [-0.4, -0.2) is 6.21 Å². The van der Waals surface area contributed by atoms with E-state index in [2.05, 4.69) is 32.3 Å². The van der Waals surface area contributed by atoms with E-state index in [0.29, 0.717) is 5.92 Å². The molecule has 0 unspecified atom stereocenters. The Hall–Kier alpha value is -0.850. The maximum absolute atomic E-state index is 4.12. The summed E-state index contributed by atoms with van der Waals surface area (Å²) < 4.78 is 0. The van der Waals surface area contributed by atoms with Crippen molar-refractivity contribution in [2.24, 2.45) is 10.9 Å². The molecule has 1 nitrogen and oxygen atoms in total. The van der Waals surface area contributed by atoms with Gasteiger partial charge in [-0.25, -0.2) is 0 Å². The summed E-state index contributed by atoms with van der Waals surface area (Å²) in [5.74, 6) is 0.515. The first kappa shape index (κ1) is 10.2. The molecule has 1 heteroatoms. The van der Waals surface area contributed by atoms with Crippen LogP contribution in [0.15, 0.2) is 29.4 Å². The smallest absolute Gasteiger partial charge is 0.0298 e. The second-order valence-corrected chi connectivity index (χ2v) is 2.73. The van der Waals surface area contributed by atoms with Crippen LogP contribution in [0.4, 0.5) is 0 Å². The Morgan fingerprint density at radius 1 is 1.55 bits per heavy atom. The highest BCUT2D eigenvalue weighted by molar-refractivity contribution is 5.57. The van der Waals surface area contributed by atoms with Crippen LogP contribution in [0.2, 0.25) is 0 Å². The minimum absolute atomic E-state index is 0.515. The number of hydrogen-bond donors (Lipinski definition) is 0. The zero-order chi connectivity index (χ0) is 8.69. The number of aliphatic imine (C=N–C) groups is 1. The molecule has 0 aliphatic carbocycles. The molecule has 0 N–H and O–H groups in total. The number of allylic oxidation sites excluding steroid dienone is 2. The lowest BCUT2D eigenvalue weighted by atomic mass is 10.1. The predicted molar refractivity (Wildman–Crippen MR) is 51.9 cm³/mol. The lowest BCUT2D eigenvalue weighted by Gasteiger charge is -2.02. The van der Waals surface area contributed by atoms with Gasteiger partial charge in [-0.3, -0.25) is 4.99 Å². The third kappa shape index (κ3) is 4.54. The summed E-state index contributed by atoms with van der Waals surface area (Å²) in [4.78, 5) is 4.12. The van der Waals surface area contributed by atoms with Gasteiger partial charge in [0.2, 0.25) is 0 Å². The van der Waals surface area contributed by atoms with Gasteiger partial charge in [0, 0.05) is 12.4 Å². The molecule has 0 amide bonds. The van der Waals surface area contributed by atoms with Crippen LogP contribution in [0, 0.1) is 5.92 Å². The van der Waals surface area contributed by atoms with Gasteiger partial charge in [-0.1, -0.05) is 33.4 Å². The van der Waals surface area contributed by atoms with Crippen molar-refractivity contribution in [2.45, 2.75) is 27.2 Å². The SMILES string of the molecule is C=C/C(=C\N=CCC)C(C)C. The summed E-state index contributed by atoms with van der Waals surface area (Å²) in [5, 5.41) is 0. The van der Waals surface area contributed by atoms with Crippen molar-refractivity contribution in [2.75, 3.05) is 0 Å². The first-order valence-corrected chi connectivity index (χ1v) is 4.06. The monoisotopic (exact) mass is 151 g/mol. The Morgan fingerprint density at radius 2 is 2.18 bits per heavy atom. The normalized spacial score (nSPS) is 12.9. The lowest BCUT2D eigenvalue weighted by molar-refractivity contribution is 0.789. The molecule has 0 saturated heterocycles. The Kier molecular flexibility index (Phi) is 5.44. The average molecular weight is 151 g/mol. The summed E-state index contributed by atoms with van der Waals surface area (Å²) in [5.41, 5.74) is 1.19. The van der Waals surface area contributed by atoms with Crippen molar-refractivity contribution < 1.29 is 0 Å². The zero-order valence-corrected chi connectivity index (χ0v) is 7.67. The zero-order valence-electron chi connectivity index (χ0n) is 7.67. The van der Waals surface area contributed by atoms with Crippen molar-refractivity contribution in [1.82, 2.24) is 0 Å². The first-order chi connectivity index (χ1) is 5.22. The molecule has 11 heavy (non-hydrogen) atoms. The van der Waals surface area contributed by atoms with E-state index in [-0.39, 0.29) is 0 Å². The van der Waals surface area contributed by atoms with Gasteiger partial charge in [0.1, 0.15) is 0 Å². The molecule has 0 heterocycles. The fourth-order valence-electron chi connectivity index (χ4n) is 0.682. The van der Waals surface area contributed by atoms with Gasteiger partial charge < -0.3 is 0 Å². The molecule has 0 atom stereocenters. The molecule has 0 radical (unpaired) electrons. The van der Waals surface area contributed by atoms with Gasteiger partial charge in [0.15, 0.2) is 0 Å². The van der Waals surface area contributed by atoms with E-state index < -0.39 is 0 Å². The van der Waals surface area contributed by atoms with E-state index in [9.17, 15) is 0 Å². The summed E-state index contributed by atoms with van der Waals surface area (Å²) in [6.45, 7) is 10.1. The Morgan fingerprint density at radius 3 is 2.55 bits per heavy atom. The largest absolute Gasteiger partial charge is 0.269 e. The molecule has 0 fully saturated rings. The van der Waals surface area contributed by atoms with Crippen molar-refractivity contribution >= 4 is 6.21 Å². The molecule has 0 aromatic heterocycles. The molecular weight excluding hydrogens is 134 g/mol. The third-order valence-electron chi connectivity index (χ3n) is 1.41. The molecule has 0 spiro atoms. The van der Waals surface area contributed by atoms with E-state index in [1.165, 1.54) is 5.57 Å². The quantitative estimate of drug-likeness (QED) is 0.432. The minimum Gasteiger partial charge on any atom is -0.269 e. The molecule has 0 rings (SSSR count). The second kappa shape index (κ2) is 5.90. The van der Waals surface area contributed by atoms with Crippen molar-refractivity contribution in [3.63, 3.8) is 0 Å². The van der Waals surface area contributed by atoms with Crippen LogP contribution in [0.3, 0.4) is 0 Å². The molecule has 0 bridgehead atoms. The first-order valence-electron chi connectivity index (χ1n) is 4.06. The average Bonchev–Trinajstić information content (AvgIpc) is 1.97. The Balaban J connectivity index is 4.12. The number of hydrogen-bond acceptors (Lipinski definition) is 1. The fraction of sp³-hybridized carbons (Fsp3) is 0.500. The van der Waals surface area contributed by atoms with Crippen LogP contribution in [0.1, 0.15) is 27.2 Å². The van der Waals surface area contributed by atoms with Crippen molar-refractivity contribution in [1.29, 1.82) is 0 Å². The number of rotatable bonds is 4. The summed E-state index contributed by atoms with van der Waals surface area (Å²) in [6.07, 6.45) is 6.61.